The van der Waals surface area contributed by atoms with Crippen LogP contribution in [-0.4, -0.2) is 4.98 Å². The van der Waals surface area contributed by atoms with Gasteiger partial charge in [0.25, 0.3) is 0 Å². The number of nitriles is 1. The van der Waals surface area contributed by atoms with Crippen LogP contribution in [0.2, 0.25) is 5.02 Å². The highest BCUT2D eigenvalue weighted by Gasteiger charge is 2.13. The zero-order valence-electron chi connectivity index (χ0n) is 11.1. The second-order valence-corrected chi connectivity index (χ2v) is 5.16. The first-order valence-corrected chi connectivity index (χ1v) is 6.91. The smallest absolute Gasteiger partial charge is 0.102 e. The van der Waals surface area contributed by atoms with Crippen molar-refractivity contribution in [3.8, 4) is 17.3 Å². The van der Waals surface area contributed by atoms with Gasteiger partial charge in [-0.1, -0.05) is 42.8 Å². The van der Waals surface area contributed by atoms with Gasteiger partial charge in [-0.3, -0.25) is 0 Å². The van der Waals surface area contributed by atoms with Crippen LogP contribution in [0, 0.1) is 11.3 Å². The number of aryl methyl sites for hydroxylation is 1. The molecule has 1 aromatic heterocycles. The van der Waals surface area contributed by atoms with E-state index in [4.69, 9.17) is 11.6 Å². The molecule has 0 aliphatic carbocycles. The zero-order valence-corrected chi connectivity index (χ0v) is 11.8. The Morgan fingerprint density at radius 3 is 2.55 bits per heavy atom. The lowest BCUT2D eigenvalue weighted by Gasteiger charge is -2.01. The second kappa shape index (κ2) is 5.03. The van der Waals surface area contributed by atoms with Gasteiger partial charge < -0.3 is 4.98 Å². The van der Waals surface area contributed by atoms with Crippen LogP contribution in [0.1, 0.15) is 18.1 Å². The van der Waals surface area contributed by atoms with E-state index < -0.39 is 0 Å². The number of hydrogen-bond donors (Lipinski definition) is 1. The van der Waals surface area contributed by atoms with Crippen LogP contribution in [0.4, 0.5) is 0 Å². The lowest BCUT2D eigenvalue weighted by Crippen LogP contribution is -1.84. The van der Waals surface area contributed by atoms with Gasteiger partial charge in [0, 0.05) is 15.9 Å². The molecule has 0 aliphatic rings. The standard InChI is InChI=1S/C17H13ClN2/c1-2-11-3-5-12(6-4-11)17-15(10-19)14-9-13(18)7-8-16(14)20-17/h3-9,20H,2H2,1H3. The summed E-state index contributed by atoms with van der Waals surface area (Å²) in [4.78, 5) is 3.31. The topological polar surface area (TPSA) is 39.6 Å². The number of hydrogen-bond acceptors (Lipinski definition) is 1. The van der Waals surface area contributed by atoms with Crippen molar-refractivity contribution in [2.24, 2.45) is 0 Å². The molecular weight excluding hydrogens is 268 g/mol. The molecule has 1 N–H and O–H groups in total. The van der Waals surface area contributed by atoms with Crippen LogP contribution in [0.5, 0.6) is 0 Å². The third kappa shape index (κ3) is 2.07. The fourth-order valence-corrected chi connectivity index (χ4v) is 2.58. The van der Waals surface area contributed by atoms with E-state index in [-0.39, 0.29) is 0 Å². The third-order valence-corrected chi connectivity index (χ3v) is 3.76. The van der Waals surface area contributed by atoms with Crippen molar-refractivity contribution in [1.29, 1.82) is 5.26 Å². The summed E-state index contributed by atoms with van der Waals surface area (Å²) in [5.74, 6) is 0. The molecule has 0 spiro atoms. The van der Waals surface area contributed by atoms with Gasteiger partial charge in [0.15, 0.2) is 0 Å². The Morgan fingerprint density at radius 1 is 1.15 bits per heavy atom. The predicted molar refractivity (Wildman–Crippen MR) is 82.8 cm³/mol. The minimum Gasteiger partial charge on any atom is -0.353 e. The van der Waals surface area contributed by atoms with Crippen LogP contribution in [0.15, 0.2) is 42.5 Å². The summed E-state index contributed by atoms with van der Waals surface area (Å²) >= 11 is 6.02. The Balaban J connectivity index is 2.22. The summed E-state index contributed by atoms with van der Waals surface area (Å²) in [5.41, 5.74) is 4.73. The first-order valence-electron chi connectivity index (χ1n) is 6.53. The Labute approximate surface area is 122 Å². The lowest BCUT2D eigenvalue weighted by molar-refractivity contribution is 1.14. The lowest BCUT2D eigenvalue weighted by atomic mass is 10.0. The molecule has 0 bridgehead atoms. The largest absolute Gasteiger partial charge is 0.353 e. The first kappa shape index (κ1) is 12.8. The van der Waals surface area contributed by atoms with Crippen LogP contribution in [0.25, 0.3) is 22.2 Å². The van der Waals surface area contributed by atoms with Gasteiger partial charge in [0.1, 0.15) is 6.07 Å². The molecule has 0 atom stereocenters. The molecule has 3 rings (SSSR count). The molecule has 0 amide bonds. The number of fused-ring (bicyclic) bond motifs is 1. The summed E-state index contributed by atoms with van der Waals surface area (Å²) in [7, 11) is 0. The van der Waals surface area contributed by atoms with Gasteiger partial charge >= 0.3 is 0 Å². The summed E-state index contributed by atoms with van der Waals surface area (Å²) < 4.78 is 0. The maximum absolute atomic E-state index is 9.45. The molecule has 0 saturated carbocycles. The highest BCUT2D eigenvalue weighted by atomic mass is 35.5. The second-order valence-electron chi connectivity index (χ2n) is 4.73. The zero-order chi connectivity index (χ0) is 14.1. The number of rotatable bonds is 2. The Morgan fingerprint density at radius 2 is 1.90 bits per heavy atom. The highest BCUT2D eigenvalue weighted by molar-refractivity contribution is 6.31. The Bertz CT molecular complexity index is 807. The van der Waals surface area contributed by atoms with E-state index in [9.17, 15) is 5.26 Å². The number of nitrogens with zero attached hydrogens (tertiary/aromatic N) is 1. The van der Waals surface area contributed by atoms with Crippen molar-refractivity contribution in [1.82, 2.24) is 4.98 Å². The van der Waals surface area contributed by atoms with Gasteiger partial charge in [0.05, 0.1) is 11.3 Å². The third-order valence-electron chi connectivity index (χ3n) is 3.52. The summed E-state index contributed by atoms with van der Waals surface area (Å²) in [6.07, 6.45) is 1.01. The highest BCUT2D eigenvalue weighted by Crippen LogP contribution is 2.31. The number of nitrogens with one attached hydrogen (secondary N) is 1. The van der Waals surface area contributed by atoms with Gasteiger partial charge in [-0.15, -0.1) is 0 Å². The van der Waals surface area contributed by atoms with Gasteiger partial charge in [-0.05, 0) is 35.7 Å². The quantitative estimate of drug-likeness (QED) is 0.711. The van der Waals surface area contributed by atoms with E-state index in [2.05, 4.69) is 30.1 Å². The predicted octanol–water partition coefficient (Wildman–Crippen LogP) is 4.92. The van der Waals surface area contributed by atoms with Crippen molar-refractivity contribution < 1.29 is 0 Å². The van der Waals surface area contributed by atoms with E-state index >= 15 is 0 Å². The number of benzene rings is 2. The van der Waals surface area contributed by atoms with Crippen molar-refractivity contribution in [2.75, 3.05) is 0 Å². The Kier molecular flexibility index (Phi) is 3.22. The molecule has 0 aliphatic heterocycles. The number of H-pyrrole nitrogens is 1. The molecule has 20 heavy (non-hydrogen) atoms. The van der Waals surface area contributed by atoms with E-state index in [1.807, 2.05) is 30.3 Å². The molecule has 0 saturated heterocycles. The fourth-order valence-electron chi connectivity index (χ4n) is 2.40. The summed E-state index contributed by atoms with van der Waals surface area (Å²) in [6.45, 7) is 2.13. The minimum absolute atomic E-state index is 0.640. The Hall–Kier alpha value is -2.24. The van der Waals surface area contributed by atoms with Crippen molar-refractivity contribution >= 4 is 22.5 Å². The summed E-state index contributed by atoms with van der Waals surface area (Å²) in [6, 6.07) is 16.1. The van der Waals surface area contributed by atoms with E-state index in [1.165, 1.54) is 5.56 Å². The van der Waals surface area contributed by atoms with Gasteiger partial charge in [-0.25, -0.2) is 0 Å². The molecule has 2 aromatic carbocycles. The molecule has 3 aromatic rings. The first-order chi connectivity index (χ1) is 9.72. The molecule has 0 unspecified atom stereocenters. The average molecular weight is 281 g/mol. The number of aromatic amines is 1. The van der Waals surface area contributed by atoms with E-state index in [0.717, 1.165) is 28.6 Å². The molecule has 98 valence electrons. The maximum atomic E-state index is 9.45. The average Bonchev–Trinajstić information content (AvgIpc) is 2.85. The van der Waals surface area contributed by atoms with Crippen LogP contribution < -0.4 is 0 Å². The number of aromatic nitrogens is 1. The van der Waals surface area contributed by atoms with Crippen LogP contribution >= 0.6 is 11.6 Å². The summed E-state index contributed by atoms with van der Waals surface area (Å²) in [5, 5.41) is 11.0. The normalized spacial score (nSPS) is 10.7. The minimum atomic E-state index is 0.640. The molecule has 2 nitrogen and oxygen atoms in total. The van der Waals surface area contributed by atoms with Gasteiger partial charge in [-0.2, -0.15) is 5.26 Å². The molecule has 3 heteroatoms. The van der Waals surface area contributed by atoms with Crippen LogP contribution in [0.3, 0.4) is 0 Å². The van der Waals surface area contributed by atoms with Crippen LogP contribution in [-0.2, 0) is 6.42 Å². The molecule has 0 radical (unpaired) electrons. The van der Waals surface area contributed by atoms with Gasteiger partial charge in [0.2, 0.25) is 0 Å². The maximum Gasteiger partial charge on any atom is 0.102 e. The fraction of sp³-hybridized carbons (Fsp3) is 0.118. The molecule has 0 fully saturated rings. The number of halogens is 1. The SMILES string of the molecule is CCc1ccc(-c2[nH]c3ccc(Cl)cc3c2C#N)cc1. The van der Waals surface area contributed by atoms with Crippen molar-refractivity contribution in [3.63, 3.8) is 0 Å². The molecular formula is C17H13ClN2. The van der Waals surface area contributed by atoms with E-state index in [0.29, 0.717) is 10.6 Å². The monoisotopic (exact) mass is 280 g/mol. The van der Waals surface area contributed by atoms with Crippen molar-refractivity contribution in [2.45, 2.75) is 13.3 Å². The van der Waals surface area contributed by atoms with E-state index in [1.54, 1.807) is 0 Å². The molecule has 1 heterocycles. The van der Waals surface area contributed by atoms with Crippen molar-refractivity contribution in [3.05, 3.63) is 58.6 Å².